The minimum Gasteiger partial charge on any atom is -0.429 e. The molecule has 2 N–H and O–H groups in total. The van der Waals surface area contributed by atoms with E-state index in [1.807, 2.05) is 0 Å². The fraction of sp³-hybridized carbons (Fsp3) is 0. The van der Waals surface area contributed by atoms with Gasteiger partial charge >= 0.3 is 5.69 Å². The summed E-state index contributed by atoms with van der Waals surface area (Å²) in [7, 11) is 0. The summed E-state index contributed by atoms with van der Waals surface area (Å²) in [4.78, 5) is 14.4. The van der Waals surface area contributed by atoms with E-state index in [2.05, 4.69) is 36.8 Å². The van der Waals surface area contributed by atoms with Crippen molar-refractivity contribution in [1.82, 2.24) is 4.98 Å². The number of nitrogens with zero attached hydrogens (tertiary/aromatic N) is 2. The van der Waals surface area contributed by atoms with Crippen molar-refractivity contribution in [1.29, 1.82) is 0 Å². The predicted molar refractivity (Wildman–Crippen MR) is 77.2 cm³/mol. The van der Waals surface area contributed by atoms with Gasteiger partial charge in [0.05, 0.1) is 25.8 Å². The summed E-state index contributed by atoms with van der Waals surface area (Å²) in [5.74, 6) is 0.287. The Morgan fingerprint density at radius 3 is 2.68 bits per heavy atom. The molecular formula is C11H7Br2N3O3. The first kappa shape index (κ1) is 13.8. The molecule has 0 amide bonds. The molecule has 0 aliphatic heterocycles. The van der Waals surface area contributed by atoms with Crippen LogP contribution in [-0.2, 0) is 0 Å². The van der Waals surface area contributed by atoms with Crippen molar-refractivity contribution >= 4 is 43.2 Å². The normalized spacial score (nSPS) is 10.2. The number of anilines is 1. The van der Waals surface area contributed by atoms with Crippen LogP contribution in [0.25, 0.3) is 0 Å². The third-order valence-electron chi connectivity index (χ3n) is 2.17. The number of halogens is 2. The SMILES string of the molecule is Nc1cnc(Oc2c(Br)cccc2[N+](=O)[O-])c(Br)c1. The minimum atomic E-state index is -0.523. The lowest BCUT2D eigenvalue weighted by Gasteiger charge is -2.08. The van der Waals surface area contributed by atoms with Gasteiger partial charge in [-0.2, -0.15) is 0 Å². The lowest BCUT2D eigenvalue weighted by molar-refractivity contribution is -0.385. The quantitative estimate of drug-likeness (QED) is 0.636. The number of rotatable bonds is 3. The molecule has 0 radical (unpaired) electrons. The monoisotopic (exact) mass is 387 g/mol. The van der Waals surface area contributed by atoms with Gasteiger partial charge in [0.25, 0.3) is 0 Å². The molecule has 2 rings (SSSR count). The third-order valence-corrected chi connectivity index (χ3v) is 3.36. The standard InChI is InChI=1S/C11H7Br2N3O3/c12-7-2-1-3-9(16(17)18)10(7)19-11-8(13)4-6(14)5-15-11/h1-5H,14H2. The van der Waals surface area contributed by atoms with Crippen LogP contribution < -0.4 is 10.5 Å². The van der Waals surface area contributed by atoms with Crippen molar-refractivity contribution in [2.45, 2.75) is 0 Å². The number of para-hydroxylation sites is 1. The van der Waals surface area contributed by atoms with E-state index in [0.29, 0.717) is 14.6 Å². The molecule has 0 spiro atoms. The number of pyridine rings is 1. The second kappa shape index (κ2) is 5.54. The van der Waals surface area contributed by atoms with Crippen molar-refractivity contribution in [2.24, 2.45) is 0 Å². The zero-order valence-corrected chi connectivity index (χ0v) is 12.5. The van der Waals surface area contributed by atoms with Gasteiger partial charge in [-0.25, -0.2) is 4.98 Å². The molecule has 0 fully saturated rings. The Morgan fingerprint density at radius 1 is 1.32 bits per heavy atom. The average Bonchev–Trinajstić information content (AvgIpc) is 2.34. The molecule has 19 heavy (non-hydrogen) atoms. The molecule has 98 valence electrons. The van der Waals surface area contributed by atoms with Crippen LogP contribution in [0.4, 0.5) is 11.4 Å². The highest BCUT2D eigenvalue weighted by atomic mass is 79.9. The average molecular weight is 389 g/mol. The Morgan fingerprint density at radius 2 is 2.05 bits per heavy atom. The molecule has 1 heterocycles. The van der Waals surface area contributed by atoms with E-state index in [1.165, 1.54) is 12.3 Å². The maximum Gasteiger partial charge on any atom is 0.312 e. The first-order chi connectivity index (χ1) is 8.99. The zero-order valence-electron chi connectivity index (χ0n) is 9.34. The number of nitrogens with two attached hydrogens (primary N) is 1. The van der Waals surface area contributed by atoms with Crippen LogP contribution in [0.15, 0.2) is 39.4 Å². The molecule has 0 aliphatic carbocycles. The van der Waals surface area contributed by atoms with Crippen molar-refractivity contribution < 1.29 is 9.66 Å². The fourth-order valence-corrected chi connectivity index (χ4v) is 2.24. The van der Waals surface area contributed by atoms with E-state index < -0.39 is 4.92 Å². The summed E-state index contributed by atoms with van der Waals surface area (Å²) in [5, 5.41) is 11.0. The van der Waals surface area contributed by atoms with E-state index in [4.69, 9.17) is 10.5 Å². The van der Waals surface area contributed by atoms with Gasteiger partial charge in [0, 0.05) is 6.07 Å². The van der Waals surface area contributed by atoms with Crippen LogP contribution in [0, 0.1) is 10.1 Å². The van der Waals surface area contributed by atoms with Gasteiger partial charge in [0.1, 0.15) is 0 Å². The summed E-state index contributed by atoms with van der Waals surface area (Å²) in [6.45, 7) is 0. The molecular weight excluding hydrogens is 382 g/mol. The Hall–Kier alpha value is -1.67. The summed E-state index contributed by atoms with van der Waals surface area (Å²) < 4.78 is 6.46. The van der Waals surface area contributed by atoms with Crippen molar-refractivity contribution in [3.63, 3.8) is 0 Å². The number of nitrogen functional groups attached to an aromatic ring is 1. The number of ether oxygens (including phenoxy) is 1. The number of hydrogen-bond acceptors (Lipinski definition) is 5. The van der Waals surface area contributed by atoms with Gasteiger partial charge in [-0.05, 0) is 44.0 Å². The Kier molecular flexibility index (Phi) is 4.01. The van der Waals surface area contributed by atoms with E-state index >= 15 is 0 Å². The number of aromatic nitrogens is 1. The summed E-state index contributed by atoms with van der Waals surface area (Å²) in [6.07, 6.45) is 1.41. The highest BCUT2D eigenvalue weighted by Gasteiger charge is 2.20. The summed E-state index contributed by atoms with van der Waals surface area (Å²) in [5.41, 5.74) is 5.87. The smallest absolute Gasteiger partial charge is 0.312 e. The van der Waals surface area contributed by atoms with Crippen molar-refractivity contribution in [3.05, 3.63) is 49.5 Å². The largest absolute Gasteiger partial charge is 0.429 e. The Balaban J connectivity index is 2.46. The third kappa shape index (κ3) is 3.02. The lowest BCUT2D eigenvalue weighted by atomic mass is 10.3. The van der Waals surface area contributed by atoms with Gasteiger partial charge in [0.2, 0.25) is 11.6 Å². The van der Waals surface area contributed by atoms with Crippen LogP contribution in [0.3, 0.4) is 0 Å². The first-order valence-electron chi connectivity index (χ1n) is 5.01. The summed E-state index contributed by atoms with van der Waals surface area (Å²) >= 11 is 6.45. The van der Waals surface area contributed by atoms with Crippen LogP contribution in [-0.4, -0.2) is 9.91 Å². The van der Waals surface area contributed by atoms with Crippen LogP contribution in [0.1, 0.15) is 0 Å². The number of nitro benzene ring substituents is 1. The minimum absolute atomic E-state index is 0.0884. The molecule has 0 atom stereocenters. The lowest BCUT2D eigenvalue weighted by Crippen LogP contribution is -1.97. The Labute approximate surface area is 125 Å². The predicted octanol–water partition coefficient (Wildman–Crippen LogP) is 3.89. The fourth-order valence-electron chi connectivity index (χ4n) is 1.35. The number of hydrogen-bond donors (Lipinski definition) is 1. The highest BCUT2D eigenvalue weighted by Crippen LogP contribution is 2.39. The molecule has 1 aromatic heterocycles. The maximum absolute atomic E-state index is 11.0. The van der Waals surface area contributed by atoms with E-state index in [-0.39, 0.29) is 17.3 Å². The molecule has 0 saturated carbocycles. The zero-order chi connectivity index (χ0) is 14.0. The molecule has 0 bridgehead atoms. The molecule has 6 nitrogen and oxygen atoms in total. The molecule has 0 unspecified atom stereocenters. The van der Waals surface area contributed by atoms with Crippen molar-refractivity contribution in [2.75, 3.05) is 5.73 Å². The molecule has 1 aromatic carbocycles. The van der Waals surface area contributed by atoms with Gasteiger partial charge in [-0.15, -0.1) is 0 Å². The Bertz CT molecular complexity index is 649. The van der Waals surface area contributed by atoms with Crippen molar-refractivity contribution in [3.8, 4) is 11.6 Å². The highest BCUT2D eigenvalue weighted by molar-refractivity contribution is 9.11. The van der Waals surface area contributed by atoms with E-state index in [1.54, 1.807) is 18.2 Å². The molecule has 0 aliphatic rings. The van der Waals surface area contributed by atoms with Gasteiger partial charge in [-0.1, -0.05) is 6.07 Å². The summed E-state index contributed by atoms with van der Waals surface area (Å²) in [6, 6.07) is 6.16. The van der Waals surface area contributed by atoms with Crippen LogP contribution in [0.2, 0.25) is 0 Å². The topological polar surface area (TPSA) is 91.3 Å². The van der Waals surface area contributed by atoms with E-state index in [9.17, 15) is 10.1 Å². The second-order valence-corrected chi connectivity index (χ2v) is 5.21. The van der Waals surface area contributed by atoms with Gasteiger partial charge < -0.3 is 10.5 Å². The molecule has 2 aromatic rings. The molecule has 8 heteroatoms. The van der Waals surface area contributed by atoms with Gasteiger partial charge in [0.15, 0.2) is 0 Å². The second-order valence-electron chi connectivity index (χ2n) is 3.50. The van der Waals surface area contributed by atoms with Crippen LogP contribution >= 0.6 is 31.9 Å². The number of benzene rings is 1. The van der Waals surface area contributed by atoms with E-state index in [0.717, 1.165) is 0 Å². The van der Waals surface area contributed by atoms with Crippen LogP contribution in [0.5, 0.6) is 11.6 Å². The van der Waals surface area contributed by atoms with Gasteiger partial charge in [-0.3, -0.25) is 10.1 Å². The number of nitro groups is 1. The maximum atomic E-state index is 11.0. The molecule has 0 saturated heterocycles. The first-order valence-corrected chi connectivity index (χ1v) is 6.59.